The van der Waals surface area contributed by atoms with Crippen molar-refractivity contribution < 1.29 is 18.6 Å². The highest BCUT2D eigenvalue weighted by Gasteiger charge is 2.34. The van der Waals surface area contributed by atoms with E-state index in [1.165, 1.54) is 0 Å². The van der Waals surface area contributed by atoms with Crippen LogP contribution in [0.15, 0.2) is 0 Å². The molecular formula is C15H30F2N2O2. The van der Waals surface area contributed by atoms with Gasteiger partial charge in [-0.3, -0.25) is 4.90 Å². The Bertz CT molecular complexity index is 272. The van der Waals surface area contributed by atoms with Gasteiger partial charge in [-0.2, -0.15) is 0 Å². The average molecular weight is 308 g/mol. The summed E-state index contributed by atoms with van der Waals surface area (Å²) < 4.78 is 30.8. The fourth-order valence-electron chi connectivity index (χ4n) is 2.87. The molecule has 0 spiro atoms. The molecule has 0 bridgehead atoms. The molecule has 0 atom stereocenters. The van der Waals surface area contributed by atoms with Gasteiger partial charge in [-0.05, 0) is 30.7 Å². The Morgan fingerprint density at radius 2 is 1.95 bits per heavy atom. The van der Waals surface area contributed by atoms with Gasteiger partial charge in [-0.1, -0.05) is 13.8 Å². The average Bonchev–Trinajstić information content (AvgIpc) is 2.38. The molecule has 0 radical (unpaired) electrons. The lowest BCUT2D eigenvalue weighted by atomic mass is 9.79. The Hall–Kier alpha value is -0.300. The molecule has 0 aromatic carbocycles. The molecule has 2 N–H and O–H groups in total. The van der Waals surface area contributed by atoms with E-state index in [1.54, 1.807) is 4.90 Å². The topological polar surface area (TPSA) is 44.7 Å². The van der Waals surface area contributed by atoms with Crippen LogP contribution in [0.5, 0.6) is 0 Å². The van der Waals surface area contributed by atoms with Gasteiger partial charge in [0.05, 0.1) is 13.2 Å². The third kappa shape index (κ3) is 7.49. The molecule has 1 rings (SSSR count). The van der Waals surface area contributed by atoms with E-state index in [9.17, 15) is 8.78 Å². The maximum atomic E-state index is 12.7. The highest BCUT2D eigenvalue weighted by Crippen LogP contribution is 2.31. The second kappa shape index (κ2) is 9.66. The first kappa shape index (κ1) is 18.7. The second-order valence-electron chi connectivity index (χ2n) is 6.49. The summed E-state index contributed by atoms with van der Waals surface area (Å²) in [5.74, 6) is 0.566. The van der Waals surface area contributed by atoms with Crippen LogP contribution in [0.4, 0.5) is 8.78 Å². The van der Waals surface area contributed by atoms with Crippen LogP contribution in [0.25, 0.3) is 0 Å². The molecule has 1 saturated heterocycles. The van der Waals surface area contributed by atoms with Gasteiger partial charge in [0, 0.05) is 32.8 Å². The van der Waals surface area contributed by atoms with Crippen LogP contribution in [0.1, 0.15) is 26.7 Å². The van der Waals surface area contributed by atoms with Crippen molar-refractivity contribution in [3.8, 4) is 0 Å². The molecule has 1 aliphatic heterocycles. The van der Waals surface area contributed by atoms with Crippen molar-refractivity contribution >= 4 is 0 Å². The van der Waals surface area contributed by atoms with Crippen LogP contribution < -0.4 is 5.32 Å². The first-order chi connectivity index (χ1) is 9.97. The number of rotatable bonds is 10. The summed E-state index contributed by atoms with van der Waals surface area (Å²) >= 11 is 0. The lowest BCUT2D eigenvalue weighted by Crippen LogP contribution is -2.49. The van der Waals surface area contributed by atoms with Crippen molar-refractivity contribution in [3.63, 3.8) is 0 Å². The van der Waals surface area contributed by atoms with Crippen molar-refractivity contribution in [1.29, 1.82) is 0 Å². The zero-order valence-corrected chi connectivity index (χ0v) is 13.3. The highest BCUT2D eigenvalue weighted by molar-refractivity contribution is 4.87. The molecule has 126 valence electrons. The van der Waals surface area contributed by atoms with Crippen LogP contribution in [-0.4, -0.2) is 69.0 Å². The minimum Gasteiger partial charge on any atom is -0.395 e. The van der Waals surface area contributed by atoms with Crippen molar-refractivity contribution in [2.45, 2.75) is 33.1 Å². The fraction of sp³-hybridized carbons (Fsp3) is 1.00. The molecule has 4 nitrogen and oxygen atoms in total. The van der Waals surface area contributed by atoms with Gasteiger partial charge in [0.1, 0.15) is 0 Å². The smallest absolute Gasteiger partial charge is 0.251 e. The molecule has 21 heavy (non-hydrogen) atoms. The van der Waals surface area contributed by atoms with E-state index in [4.69, 9.17) is 9.84 Å². The third-order valence-corrected chi connectivity index (χ3v) is 3.98. The van der Waals surface area contributed by atoms with Gasteiger partial charge in [0.2, 0.25) is 0 Å². The summed E-state index contributed by atoms with van der Waals surface area (Å²) in [5.41, 5.74) is -0.0306. The minimum atomic E-state index is -2.36. The maximum absolute atomic E-state index is 12.7. The summed E-state index contributed by atoms with van der Waals surface area (Å²) in [6.07, 6.45) is -0.607. The van der Waals surface area contributed by atoms with Crippen LogP contribution in [-0.2, 0) is 4.74 Å². The number of hydrogen-bond acceptors (Lipinski definition) is 4. The van der Waals surface area contributed by atoms with E-state index in [0.717, 1.165) is 25.9 Å². The summed E-state index contributed by atoms with van der Waals surface area (Å²) in [4.78, 5) is 1.69. The van der Waals surface area contributed by atoms with E-state index >= 15 is 0 Å². The first-order valence-corrected chi connectivity index (χ1v) is 7.87. The number of hydrogen-bond donors (Lipinski definition) is 2. The first-order valence-electron chi connectivity index (χ1n) is 7.87. The molecule has 1 heterocycles. The summed E-state index contributed by atoms with van der Waals surface area (Å²) in [6, 6.07) is 0. The van der Waals surface area contributed by atoms with Gasteiger partial charge in [0.15, 0.2) is 0 Å². The zero-order valence-electron chi connectivity index (χ0n) is 13.3. The van der Waals surface area contributed by atoms with E-state index in [0.29, 0.717) is 32.2 Å². The van der Waals surface area contributed by atoms with E-state index < -0.39 is 6.43 Å². The Labute approximate surface area is 126 Å². The van der Waals surface area contributed by atoms with E-state index in [-0.39, 0.29) is 18.6 Å². The number of aliphatic hydroxyl groups is 1. The van der Waals surface area contributed by atoms with Gasteiger partial charge >= 0.3 is 0 Å². The van der Waals surface area contributed by atoms with Gasteiger partial charge < -0.3 is 15.2 Å². The van der Waals surface area contributed by atoms with E-state index in [2.05, 4.69) is 19.2 Å². The fourth-order valence-corrected chi connectivity index (χ4v) is 2.87. The van der Waals surface area contributed by atoms with Crippen molar-refractivity contribution in [1.82, 2.24) is 10.2 Å². The van der Waals surface area contributed by atoms with Crippen LogP contribution >= 0.6 is 0 Å². The number of aliphatic hydroxyl groups excluding tert-OH is 1. The third-order valence-electron chi connectivity index (χ3n) is 3.98. The maximum Gasteiger partial charge on any atom is 0.251 e. The molecule has 6 heteroatoms. The molecular weight excluding hydrogens is 278 g/mol. The molecule has 0 saturated carbocycles. The summed E-state index contributed by atoms with van der Waals surface area (Å²) in [6.45, 7) is 7.96. The van der Waals surface area contributed by atoms with Crippen LogP contribution in [0, 0.1) is 11.3 Å². The number of ether oxygens (including phenoxy) is 1. The normalized spacial score (nSPS) is 18.9. The zero-order chi connectivity index (χ0) is 15.7. The number of nitrogens with zero attached hydrogens (tertiary/aromatic N) is 1. The number of halogens is 2. The standard InChI is InChI=1S/C15H30F2N2O2/c1-13(2)9-18-11-15(3-7-21-8-4-15)12-19(5-6-20)10-14(16)17/h13-14,18,20H,3-12H2,1-2H3. The Morgan fingerprint density at radius 1 is 1.29 bits per heavy atom. The lowest BCUT2D eigenvalue weighted by Gasteiger charge is -2.41. The van der Waals surface area contributed by atoms with Gasteiger partial charge in [-0.15, -0.1) is 0 Å². The number of alkyl halides is 2. The number of nitrogens with one attached hydrogen (secondary N) is 1. The van der Waals surface area contributed by atoms with Crippen molar-refractivity contribution in [2.24, 2.45) is 11.3 Å². The van der Waals surface area contributed by atoms with Gasteiger partial charge in [-0.25, -0.2) is 8.78 Å². The molecule has 0 aromatic heterocycles. The quantitative estimate of drug-likeness (QED) is 0.643. The Morgan fingerprint density at radius 3 is 2.48 bits per heavy atom. The molecule has 0 aromatic rings. The van der Waals surface area contributed by atoms with Gasteiger partial charge in [0.25, 0.3) is 6.43 Å². The Kier molecular flexibility index (Phi) is 8.63. The van der Waals surface area contributed by atoms with Crippen LogP contribution in [0.3, 0.4) is 0 Å². The lowest BCUT2D eigenvalue weighted by molar-refractivity contribution is -0.0174. The predicted octanol–water partition coefficient (Wildman–Crippen LogP) is 1.59. The molecule has 0 unspecified atom stereocenters. The highest BCUT2D eigenvalue weighted by atomic mass is 19.3. The Balaban J connectivity index is 2.61. The largest absolute Gasteiger partial charge is 0.395 e. The molecule has 1 aliphatic rings. The summed E-state index contributed by atoms with van der Waals surface area (Å²) in [5, 5.41) is 12.5. The van der Waals surface area contributed by atoms with Crippen molar-refractivity contribution in [2.75, 3.05) is 52.5 Å². The molecule has 1 fully saturated rings. The molecule has 0 aliphatic carbocycles. The van der Waals surface area contributed by atoms with E-state index in [1.807, 2.05) is 0 Å². The molecule has 0 amide bonds. The second-order valence-corrected chi connectivity index (χ2v) is 6.49. The SMILES string of the molecule is CC(C)CNCC1(CN(CCO)CC(F)F)CCOCC1. The monoisotopic (exact) mass is 308 g/mol. The predicted molar refractivity (Wildman–Crippen MR) is 79.7 cm³/mol. The van der Waals surface area contributed by atoms with Crippen molar-refractivity contribution in [3.05, 3.63) is 0 Å². The summed E-state index contributed by atoms with van der Waals surface area (Å²) in [7, 11) is 0. The minimum absolute atomic E-state index is 0.0306. The van der Waals surface area contributed by atoms with Crippen LogP contribution in [0.2, 0.25) is 0 Å².